The number of hydrogen-bond donors (Lipinski definition) is 0. The number of aryl methyl sites for hydroxylation is 1. The molecule has 0 N–H and O–H groups in total. The minimum absolute atomic E-state index is 0.0586. The van der Waals surface area contributed by atoms with Gasteiger partial charge in [-0.05, 0) is 29.5 Å². The molecule has 0 aromatic heterocycles. The van der Waals surface area contributed by atoms with Gasteiger partial charge in [0.25, 0.3) is 0 Å². The molecule has 1 unspecified atom stereocenters. The molecule has 0 nitrogen and oxygen atoms in total. The van der Waals surface area contributed by atoms with Crippen molar-refractivity contribution in [3.63, 3.8) is 0 Å². The van der Waals surface area contributed by atoms with Crippen molar-refractivity contribution in [1.29, 1.82) is 0 Å². The highest BCUT2D eigenvalue weighted by atomic mass is 35.5. The fourth-order valence-electron chi connectivity index (χ4n) is 1.90. The number of hydrogen-bond acceptors (Lipinski definition) is 0. The van der Waals surface area contributed by atoms with E-state index in [1.165, 1.54) is 16.7 Å². The lowest BCUT2D eigenvalue weighted by atomic mass is 10.0. The van der Waals surface area contributed by atoms with Crippen LogP contribution in [-0.2, 0) is 12.8 Å². The standard InChI is InChI=1S/C16H17Cl/c1-2-13-8-10-15(11-9-13)16(17)12-14-6-4-3-5-7-14/h3-11,16H,2,12H2,1H3. The van der Waals surface area contributed by atoms with Crippen LogP contribution in [0.1, 0.15) is 29.0 Å². The SMILES string of the molecule is CCc1ccc(C(Cl)Cc2ccccc2)cc1. The van der Waals surface area contributed by atoms with Gasteiger partial charge >= 0.3 is 0 Å². The van der Waals surface area contributed by atoms with Gasteiger partial charge in [-0.1, -0.05) is 61.5 Å². The van der Waals surface area contributed by atoms with Gasteiger partial charge in [0.15, 0.2) is 0 Å². The molecule has 88 valence electrons. The second-order valence-electron chi connectivity index (χ2n) is 4.25. The molecule has 0 aliphatic heterocycles. The molecule has 0 heterocycles. The lowest BCUT2D eigenvalue weighted by molar-refractivity contribution is 0.918. The maximum atomic E-state index is 6.44. The van der Waals surface area contributed by atoms with Gasteiger partial charge in [0.1, 0.15) is 0 Å². The summed E-state index contributed by atoms with van der Waals surface area (Å²) in [4.78, 5) is 0. The van der Waals surface area contributed by atoms with E-state index in [-0.39, 0.29) is 5.38 Å². The van der Waals surface area contributed by atoms with E-state index in [0.29, 0.717) is 0 Å². The summed E-state index contributed by atoms with van der Waals surface area (Å²) < 4.78 is 0. The second-order valence-corrected chi connectivity index (χ2v) is 4.78. The summed E-state index contributed by atoms with van der Waals surface area (Å²) in [6.07, 6.45) is 1.96. The maximum Gasteiger partial charge on any atom is 0.0625 e. The molecule has 1 heteroatoms. The minimum Gasteiger partial charge on any atom is -0.117 e. The lowest BCUT2D eigenvalue weighted by Crippen LogP contribution is -1.96. The Morgan fingerprint density at radius 3 is 2.12 bits per heavy atom. The predicted octanol–water partition coefficient (Wildman–Crippen LogP) is 4.77. The number of rotatable bonds is 4. The van der Waals surface area contributed by atoms with Crippen LogP contribution in [0.15, 0.2) is 54.6 Å². The Morgan fingerprint density at radius 1 is 0.882 bits per heavy atom. The van der Waals surface area contributed by atoms with Crippen LogP contribution in [0.5, 0.6) is 0 Å². The molecule has 0 radical (unpaired) electrons. The van der Waals surface area contributed by atoms with Crippen molar-refractivity contribution in [1.82, 2.24) is 0 Å². The molecule has 0 spiro atoms. The Morgan fingerprint density at radius 2 is 1.53 bits per heavy atom. The van der Waals surface area contributed by atoms with E-state index in [1.54, 1.807) is 0 Å². The van der Waals surface area contributed by atoms with E-state index in [1.807, 2.05) is 6.07 Å². The highest BCUT2D eigenvalue weighted by Gasteiger charge is 2.08. The van der Waals surface area contributed by atoms with Crippen LogP contribution in [0.4, 0.5) is 0 Å². The van der Waals surface area contributed by atoms with Crippen molar-refractivity contribution < 1.29 is 0 Å². The third-order valence-corrected chi connectivity index (χ3v) is 3.41. The fourth-order valence-corrected chi connectivity index (χ4v) is 2.22. The largest absolute Gasteiger partial charge is 0.117 e. The molecule has 0 aliphatic rings. The van der Waals surface area contributed by atoms with E-state index < -0.39 is 0 Å². The number of halogens is 1. The molecule has 2 rings (SSSR count). The maximum absolute atomic E-state index is 6.44. The Bertz CT molecular complexity index is 445. The normalized spacial score (nSPS) is 12.4. The Labute approximate surface area is 108 Å². The Balaban J connectivity index is 2.06. The molecule has 17 heavy (non-hydrogen) atoms. The third kappa shape index (κ3) is 3.34. The molecule has 0 amide bonds. The van der Waals surface area contributed by atoms with E-state index in [2.05, 4.69) is 55.5 Å². The quantitative estimate of drug-likeness (QED) is 0.680. The van der Waals surface area contributed by atoms with Crippen LogP contribution < -0.4 is 0 Å². The highest BCUT2D eigenvalue weighted by molar-refractivity contribution is 6.20. The lowest BCUT2D eigenvalue weighted by Gasteiger charge is -2.10. The average Bonchev–Trinajstić information content (AvgIpc) is 2.40. The average molecular weight is 245 g/mol. The van der Waals surface area contributed by atoms with Crippen molar-refractivity contribution in [2.24, 2.45) is 0 Å². The van der Waals surface area contributed by atoms with Crippen molar-refractivity contribution >= 4 is 11.6 Å². The fraction of sp³-hybridized carbons (Fsp3) is 0.250. The zero-order valence-corrected chi connectivity index (χ0v) is 10.8. The molecule has 0 saturated carbocycles. The molecule has 1 atom stereocenters. The summed E-state index contributed by atoms with van der Waals surface area (Å²) in [7, 11) is 0. The highest BCUT2D eigenvalue weighted by Crippen LogP contribution is 2.25. The zero-order valence-electron chi connectivity index (χ0n) is 10.1. The second kappa shape index (κ2) is 5.88. The van der Waals surface area contributed by atoms with Crippen LogP contribution in [0.3, 0.4) is 0 Å². The van der Waals surface area contributed by atoms with Crippen LogP contribution in [-0.4, -0.2) is 0 Å². The van der Waals surface area contributed by atoms with Gasteiger partial charge in [0, 0.05) is 0 Å². The summed E-state index contributed by atoms with van der Waals surface area (Å²) in [6, 6.07) is 19.0. The van der Waals surface area contributed by atoms with Gasteiger partial charge in [-0.2, -0.15) is 0 Å². The Hall–Kier alpha value is -1.27. The minimum atomic E-state index is 0.0586. The summed E-state index contributed by atoms with van der Waals surface area (Å²) in [5.74, 6) is 0. The molecular weight excluding hydrogens is 228 g/mol. The van der Waals surface area contributed by atoms with E-state index in [9.17, 15) is 0 Å². The van der Waals surface area contributed by atoms with Gasteiger partial charge in [0.05, 0.1) is 5.38 Å². The number of alkyl halides is 1. The van der Waals surface area contributed by atoms with Gasteiger partial charge in [0.2, 0.25) is 0 Å². The summed E-state index contributed by atoms with van der Waals surface area (Å²) in [6.45, 7) is 2.16. The first-order valence-corrected chi connectivity index (χ1v) is 6.50. The smallest absolute Gasteiger partial charge is 0.0625 e. The summed E-state index contributed by atoms with van der Waals surface area (Å²) >= 11 is 6.44. The summed E-state index contributed by atoms with van der Waals surface area (Å²) in [5, 5.41) is 0.0586. The van der Waals surface area contributed by atoms with Crippen LogP contribution >= 0.6 is 11.6 Å². The molecule has 2 aromatic carbocycles. The number of benzene rings is 2. The van der Waals surface area contributed by atoms with E-state index in [4.69, 9.17) is 11.6 Å². The van der Waals surface area contributed by atoms with Crippen LogP contribution in [0.2, 0.25) is 0 Å². The summed E-state index contributed by atoms with van der Waals surface area (Å²) in [5.41, 5.74) is 3.84. The van der Waals surface area contributed by atoms with Crippen molar-refractivity contribution in [2.45, 2.75) is 25.1 Å². The van der Waals surface area contributed by atoms with Gasteiger partial charge in [-0.25, -0.2) is 0 Å². The third-order valence-electron chi connectivity index (χ3n) is 3.01. The van der Waals surface area contributed by atoms with Crippen molar-refractivity contribution in [3.05, 3.63) is 71.3 Å². The van der Waals surface area contributed by atoms with E-state index in [0.717, 1.165) is 12.8 Å². The zero-order chi connectivity index (χ0) is 12.1. The molecule has 0 bridgehead atoms. The monoisotopic (exact) mass is 244 g/mol. The first-order valence-electron chi connectivity index (χ1n) is 6.06. The molecule has 0 saturated heterocycles. The van der Waals surface area contributed by atoms with Crippen molar-refractivity contribution in [3.8, 4) is 0 Å². The van der Waals surface area contributed by atoms with E-state index >= 15 is 0 Å². The van der Waals surface area contributed by atoms with Gasteiger partial charge in [-0.3, -0.25) is 0 Å². The van der Waals surface area contributed by atoms with Crippen LogP contribution in [0, 0.1) is 0 Å². The molecule has 0 aliphatic carbocycles. The molecule has 2 aromatic rings. The molecular formula is C16H17Cl. The first-order chi connectivity index (χ1) is 8.29. The topological polar surface area (TPSA) is 0 Å². The van der Waals surface area contributed by atoms with Gasteiger partial charge < -0.3 is 0 Å². The van der Waals surface area contributed by atoms with Crippen molar-refractivity contribution in [2.75, 3.05) is 0 Å². The predicted molar refractivity (Wildman–Crippen MR) is 74.6 cm³/mol. The van der Waals surface area contributed by atoms with Gasteiger partial charge in [-0.15, -0.1) is 11.6 Å². The Kier molecular flexibility index (Phi) is 4.22. The first kappa shape index (κ1) is 12.2. The molecule has 0 fully saturated rings. The van der Waals surface area contributed by atoms with Crippen LogP contribution in [0.25, 0.3) is 0 Å².